The van der Waals surface area contributed by atoms with E-state index < -0.39 is 10.7 Å². The topological polar surface area (TPSA) is 83.6 Å². The second-order valence-corrected chi connectivity index (χ2v) is 10.7. The van der Waals surface area contributed by atoms with Crippen LogP contribution in [-0.2, 0) is 24.1 Å². The fourth-order valence-corrected chi connectivity index (χ4v) is 5.35. The van der Waals surface area contributed by atoms with E-state index in [1.54, 1.807) is 18.7 Å². The van der Waals surface area contributed by atoms with Crippen molar-refractivity contribution in [1.82, 2.24) is 4.90 Å². The van der Waals surface area contributed by atoms with Crippen LogP contribution in [0.15, 0.2) is 41.3 Å². The van der Waals surface area contributed by atoms with Crippen LogP contribution in [0.3, 0.4) is 0 Å². The molecule has 0 radical (unpaired) electrons. The van der Waals surface area contributed by atoms with Crippen LogP contribution in [0.25, 0.3) is 0 Å². The van der Waals surface area contributed by atoms with Gasteiger partial charge in [-0.2, -0.15) is 0 Å². The Hall–Kier alpha value is -2.47. The number of urea groups is 1. The van der Waals surface area contributed by atoms with Gasteiger partial charge >= 0.3 is 12.0 Å². The molecule has 0 spiro atoms. The monoisotopic (exact) mass is 440 g/mol. The van der Waals surface area contributed by atoms with E-state index >= 15 is 0 Å². The molecule has 166 valence electrons. The number of hydrogen-bond donors (Lipinski definition) is 2. The molecule has 0 saturated carbocycles. The number of carbonyl (C=O) groups is 2. The molecule has 2 aromatic carbocycles. The number of carboxylic acid groups (broad SMARTS) is 1. The lowest BCUT2D eigenvalue weighted by Crippen LogP contribution is -2.44. The maximum absolute atomic E-state index is 12.2. The molecule has 1 atom stereocenters. The maximum Gasteiger partial charge on any atom is 0.319 e. The zero-order valence-corrected chi connectivity index (χ0v) is 19.6. The van der Waals surface area contributed by atoms with Crippen LogP contribution < -0.4 is 5.73 Å². The number of carboxylic acids is 1. The molecule has 2 aromatic rings. The third kappa shape index (κ3) is 5.82. The Bertz CT molecular complexity index is 966. The zero-order chi connectivity index (χ0) is 22.8. The minimum Gasteiger partial charge on any atom is -0.480 e. The van der Waals surface area contributed by atoms with Crippen LogP contribution in [0.5, 0.6) is 0 Å². The van der Waals surface area contributed by atoms with Crippen molar-refractivity contribution in [3.63, 3.8) is 0 Å². The normalized spacial score (nSPS) is 15.5. The van der Waals surface area contributed by atoms with E-state index in [0.717, 1.165) is 30.6 Å². The highest BCUT2D eigenvalue weighted by molar-refractivity contribution is 8.01. The number of carbonyl (C=O) groups excluding carboxylic acids is 1. The summed E-state index contributed by atoms with van der Waals surface area (Å²) < 4.78 is -0.889. The number of hydrogen-bond acceptors (Lipinski definition) is 3. The molecular weight excluding hydrogens is 408 g/mol. The van der Waals surface area contributed by atoms with Gasteiger partial charge in [0.2, 0.25) is 0 Å². The zero-order valence-electron chi connectivity index (χ0n) is 18.8. The van der Waals surface area contributed by atoms with Gasteiger partial charge < -0.3 is 15.7 Å². The van der Waals surface area contributed by atoms with E-state index in [1.807, 2.05) is 6.07 Å². The van der Waals surface area contributed by atoms with Crippen LogP contribution in [-0.4, -0.2) is 39.3 Å². The van der Waals surface area contributed by atoms with Gasteiger partial charge in [-0.3, -0.25) is 4.79 Å². The first-order chi connectivity index (χ1) is 14.5. The summed E-state index contributed by atoms with van der Waals surface area (Å²) in [6.07, 6.45) is 3.32. The van der Waals surface area contributed by atoms with Gasteiger partial charge in [-0.1, -0.05) is 35.4 Å². The number of aryl methyl sites for hydroxylation is 3. The molecule has 1 unspecified atom stereocenters. The third-order valence-electron chi connectivity index (χ3n) is 5.85. The average molecular weight is 441 g/mol. The molecular formula is C25H32N2O3S. The summed E-state index contributed by atoms with van der Waals surface area (Å²) in [6.45, 7) is 8.26. The largest absolute Gasteiger partial charge is 0.480 e. The van der Waals surface area contributed by atoms with E-state index in [2.05, 4.69) is 44.2 Å². The Morgan fingerprint density at radius 2 is 1.74 bits per heavy atom. The lowest BCUT2D eigenvalue weighted by molar-refractivity contribution is -0.138. The van der Waals surface area contributed by atoms with Crippen molar-refractivity contribution in [2.45, 2.75) is 69.1 Å². The Balaban J connectivity index is 1.64. The summed E-state index contributed by atoms with van der Waals surface area (Å²) >= 11 is 1.34. The molecule has 5 nitrogen and oxygen atoms in total. The number of benzene rings is 2. The van der Waals surface area contributed by atoms with Crippen molar-refractivity contribution in [1.29, 1.82) is 0 Å². The van der Waals surface area contributed by atoms with Gasteiger partial charge in [-0.15, -0.1) is 11.8 Å². The van der Waals surface area contributed by atoms with Gasteiger partial charge in [0.1, 0.15) is 4.75 Å². The summed E-state index contributed by atoms with van der Waals surface area (Å²) in [7, 11) is 0. The molecule has 1 aliphatic carbocycles. The molecule has 0 aliphatic heterocycles. The summed E-state index contributed by atoms with van der Waals surface area (Å²) in [5.74, 6) is -0.834. The number of fused-ring (bicyclic) bond motifs is 1. The SMILES string of the molecule is Cc1cc(C)cc(CCCN(C(N)=O)C2Cc3ccc(SC(C)(C)C(=O)O)cc3C2)c1. The second kappa shape index (κ2) is 9.35. The first-order valence-corrected chi connectivity index (χ1v) is 11.5. The van der Waals surface area contributed by atoms with Gasteiger partial charge in [0.15, 0.2) is 0 Å². The molecule has 1 aliphatic rings. The fraction of sp³-hybridized carbons (Fsp3) is 0.440. The van der Waals surface area contributed by atoms with Crippen molar-refractivity contribution in [2.75, 3.05) is 6.54 Å². The minimum atomic E-state index is -0.889. The molecule has 0 heterocycles. The summed E-state index contributed by atoms with van der Waals surface area (Å²) in [6, 6.07) is 12.4. The van der Waals surface area contributed by atoms with Gasteiger partial charge in [-0.25, -0.2) is 4.79 Å². The number of thioether (sulfide) groups is 1. The highest BCUT2D eigenvalue weighted by atomic mass is 32.2. The van der Waals surface area contributed by atoms with Crippen LogP contribution in [0.4, 0.5) is 4.79 Å². The van der Waals surface area contributed by atoms with Crippen LogP contribution in [0, 0.1) is 13.8 Å². The van der Waals surface area contributed by atoms with Crippen molar-refractivity contribution >= 4 is 23.8 Å². The predicted octanol–water partition coefficient (Wildman–Crippen LogP) is 4.74. The number of aliphatic carboxylic acids is 1. The summed E-state index contributed by atoms with van der Waals surface area (Å²) in [5.41, 5.74) is 11.9. The number of rotatable bonds is 8. The van der Waals surface area contributed by atoms with Gasteiger partial charge in [0, 0.05) is 17.5 Å². The lowest BCUT2D eigenvalue weighted by Gasteiger charge is -2.27. The average Bonchev–Trinajstić information content (AvgIpc) is 3.06. The molecule has 31 heavy (non-hydrogen) atoms. The molecule has 0 fully saturated rings. The van der Waals surface area contributed by atoms with E-state index in [1.165, 1.54) is 39.6 Å². The van der Waals surface area contributed by atoms with E-state index in [-0.39, 0.29) is 12.1 Å². The highest BCUT2D eigenvalue weighted by Crippen LogP contribution is 2.36. The second-order valence-electron chi connectivity index (χ2n) is 9.04. The third-order valence-corrected chi connectivity index (χ3v) is 7.02. The van der Waals surface area contributed by atoms with Gasteiger partial charge in [0.25, 0.3) is 0 Å². The summed E-state index contributed by atoms with van der Waals surface area (Å²) in [5, 5.41) is 9.39. The summed E-state index contributed by atoms with van der Waals surface area (Å²) in [4.78, 5) is 26.4. The highest BCUT2D eigenvalue weighted by Gasteiger charge is 2.31. The smallest absolute Gasteiger partial charge is 0.319 e. The van der Waals surface area contributed by atoms with E-state index in [9.17, 15) is 14.7 Å². The molecule has 6 heteroatoms. The molecule has 3 N–H and O–H groups in total. The number of amides is 2. The molecule has 0 saturated heterocycles. The lowest BCUT2D eigenvalue weighted by atomic mass is 10.0. The molecule has 2 amide bonds. The van der Waals surface area contributed by atoms with Crippen LogP contribution in [0.1, 0.15) is 48.1 Å². The van der Waals surface area contributed by atoms with Crippen molar-refractivity contribution in [2.24, 2.45) is 5.73 Å². The molecule has 0 aromatic heterocycles. The number of nitrogens with zero attached hydrogens (tertiary/aromatic N) is 1. The molecule has 0 bridgehead atoms. The number of nitrogens with two attached hydrogens (primary N) is 1. The predicted molar refractivity (Wildman–Crippen MR) is 126 cm³/mol. The van der Waals surface area contributed by atoms with Crippen molar-refractivity contribution in [3.05, 3.63) is 64.2 Å². The van der Waals surface area contributed by atoms with Crippen LogP contribution >= 0.6 is 11.8 Å². The fourth-order valence-electron chi connectivity index (χ4n) is 4.33. The first kappa shape index (κ1) is 23.2. The standard InChI is InChI=1S/C25H32N2O3S/c1-16-10-17(2)12-18(11-16)6-5-9-27(24(26)30)21-13-19-7-8-22(15-20(19)14-21)31-25(3,4)23(28)29/h7-8,10-12,15,21H,5-6,9,13-14H2,1-4H3,(H2,26,30)(H,28,29). The quantitative estimate of drug-likeness (QED) is 0.581. The number of primary amides is 1. The Morgan fingerprint density at radius 1 is 1.10 bits per heavy atom. The first-order valence-electron chi connectivity index (χ1n) is 10.7. The van der Waals surface area contributed by atoms with Gasteiger partial charge in [0.05, 0.1) is 0 Å². The van der Waals surface area contributed by atoms with Gasteiger partial charge in [-0.05, 0) is 82.2 Å². The van der Waals surface area contributed by atoms with Crippen LogP contribution in [0.2, 0.25) is 0 Å². The Kier molecular flexibility index (Phi) is 6.99. The van der Waals surface area contributed by atoms with Crippen molar-refractivity contribution in [3.8, 4) is 0 Å². The molecule has 3 rings (SSSR count). The maximum atomic E-state index is 12.2. The Morgan fingerprint density at radius 3 is 2.35 bits per heavy atom. The van der Waals surface area contributed by atoms with Crippen molar-refractivity contribution < 1.29 is 14.7 Å². The Labute approximate surface area is 189 Å². The minimum absolute atomic E-state index is 0.0551. The van der Waals surface area contributed by atoms with E-state index in [4.69, 9.17) is 5.73 Å². The van der Waals surface area contributed by atoms with E-state index in [0.29, 0.717) is 6.54 Å².